The Labute approximate surface area is 87.3 Å². The molecule has 0 unspecified atom stereocenters. The van der Waals surface area contributed by atoms with Crippen LogP contribution in [-0.4, -0.2) is 16.5 Å². The van der Waals surface area contributed by atoms with E-state index in [0.717, 1.165) is 10.8 Å². The smallest absolute Gasteiger partial charge is 0.130 e. The standard InChI is InChI=1S/C9H11NOS2/c1-8(11)5-7-12-13-9-4-2-3-6-10-9/h2-4,6H,5,7H2,1H3/i1T. The summed E-state index contributed by atoms with van der Waals surface area (Å²) in [7, 11) is 3.17. The third kappa shape index (κ3) is 4.95. The van der Waals surface area contributed by atoms with E-state index in [4.69, 9.17) is 1.37 Å². The fourth-order valence-corrected chi connectivity index (χ4v) is 2.57. The fourth-order valence-electron chi connectivity index (χ4n) is 0.654. The van der Waals surface area contributed by atoms with E-state index >= 15 is 0 Å². The number of ketones is 1. The zero-order valence-electron chi connectivity index (χ0n) is 8.10. The van der Waals surface area contributed by atoms with Gasteiger partial charge in [-0.05, 0) is 29.8 Å². The topological polar surface area (TPSA) is 30.0 Å². The van der Waals surface area contributed by atoms with Crippen LogP contribution in [0.15, 0.2) is 29.4 Å². The lowest BCUT2D eigenvalue weighted by atomic mass is 10.4. The van der Waals surface area contributed by atoms with Gasteiger partial charge in [0, 0.05) is 19.7 Å². The van der Waals surface area contributed by atoms with Crippen LogP contribution in [0.4, 0.5) is 0 Å². The van der Waals surface area contributed by atoms with Crippen LogP contribution in [0.3, 0.4) is 0 Å². The Bertz CT molecular complexity index is 281. The zero-order chi connectivity index (χ0) is 10.2. The second kappa shape index (κ2) is 6.05. The molecule has 0 amide bonds. The Balaban J connectivity index is 2.13. The van der Waals surface area contributed by atoms with Crippen LogP contribution in [0, 0.1) is 0 Å². The minimum absolute atomic E-state index is 0.000814. The molecule has 1 rings (SSSR count). The van der Waals surface area contributed by atoms with E-state index in [1.807, 2.05) is 18.2 Å². The molecule has 0 aliphatic rings. The van der Waals surface area contributed by atoms with Gasteiger partial charge in [0.1, 0.15) is 10.8 Å². The molecule has 0 aromatic carbocycles. The highest BCUT2D eigenvalue weighted by atomic mass is 33.1. The first kappa shape index (κ1) is 9.09. The lowest BCUT2D eigenvalue weighted by Gasteiger charge is -1.97. The lowest BCUT2D eigenvalue weighted by molar-refractivity contribution is -0.116. The normalized spacial score (nSPS) is 10.9. The van der Waals surface area contributed by atoms with Crippen LogP contribution in [0.1, 0.15) is 14.7 Å². The van der Waals surface area contributed by atoms with Gasteiger partial charge in [0.15, 0.2) is 0 Å². The van der Waals surface area contributed by atoms with Crippen molar-refractivity contribution in [2.75, 3.05) is 5.75 Å². The minimum atomic E-state index is -0.102. The first-order valence-electron chi connectivity index (χ1n) is 4.55. The summed E-state index contributed by atoms with van der Waals surface area (Å²) < 4.78 is 6.83. The third-order valence-corrected chi connectivity index (χ3v) is 3.51. The molecule has 0 aliphatic heterocycles. The Morgan fingerprint density at radius 1 is 1.69 bits per heavy atom. The average molecular weight is 215 g/mol. The maximum Gasteiger partial charge on any atom is 0.130 e. The number of aromatic nitrogens is 1. The summed E-state index contributed by atoms with van der Waals surface area (Å²) in [6.07, 6.45) is 2.23. The van der Waals surface area contributed by atoms with Gasteiger partial charge >= 0.3 is 0 Å². The van der Waals surface area contributed by atoms with Crippen LogP contribution in [0.25, 0.3) is 0 Å². The van der Waals surface area contributed by atoms with Gasteiger partial charge in [0.05, 0.1) is 0 Å². The second-order valence-corrected chi connectivity index (χ2v) is 4.80. The summed E-state index contributed by atoms with van der Waals surface area (Å²) in [5.74, 6) is 0.748. The quantitative estimate of drug-likeness (QED) is 0.558. The number of hydrogen-bond donors (Lipinski definition) is 0. The van der Waals surface area contributed by atoms with E-state index < -0.39 is 0 Å². The molecule has 0 saturated heterocycles. The lowest BCUT2D eigenvalue weighted by Crippen LogP contribution is -1.90. The Kier molecular flexibility index (Phi) is 4.23. The van der Waals surface area contributed by atoms with Crippen molar-refractivity contribution in [2.45, 2.75) is 18.3 Å². The molecule has 2 nitrogen and oxygen atoms in total. The molecule has 0 aliphatic carbocycles. The summed E-state index contributed by atoms with van der Waals surface area (Å²) in [5, 5.41) is 0.954. The van der Waals surface area contributed by atoms with E-state index in [2.05, 4.69) is 4.98 Å². The number of Topliss-reactive ketones (excluding diaryl/α,β-unsaturated/α-hetero) is 1. The molecule has 0 bridgehead atoms. The molecule has 1 aromatic rings. The van der Waals surface area contributed by atoms with Crippen LogP contribution in [0.2, 0.25) is 0 Å². The van der Waals surface area contributed by atoms with Crippen LogP contribution < -0.4 is 0 Å². The molecule has 70 valence electrons. The van der Waals surface area contributed by atoms with Crippen molar-refractivity contribution >= 4 is 27.4 Å². The van der Waals surface area contributed by atoms with Crippen molar-refractivity contribution in [3.63, 3.8) is 0 Å². The molecule has 0 atom stereocenters. The Hall–Kier alpha value is -0.480. The molecule has 0 N–H and O–H groups in total. The van der Waals surface area contributed by atoms with Gasteiger partial charge in [-0.1, -0.05) is 16.9 Å². The highest BCUT2D eigenvalue weighted by Gasteiger charge is 1.96. The van der Waals surface area contributed by atoms with E-state index in [1.165, 1.54) is 0 Å². The molecule has 0 saturated carbocycles. The molecule has 4 heteroatoms. The Morgan fingerprint density at radius 3 is 3.31 bits per heavy atom. The molecule has 0 spiro atoms. The van der Waals surface area contributed by atoms with Gasteiger partial charge in [-0.3, -0.25) is 4.79 Å². The van der Waals surface area contributed by atoms with Gasteiger partial charge in [0.2, 0.25) is 0 Å². The monoisotopic (exact) mass is 215 g/mol. The van der Waals surface area contributed by atoms with Crippen LogP contribution in [-0.2, 0) is 4.79 Å². The molecule has 0 fully saturated rings. The van der Waals surface area contributed by atoms with Crippen molar-refractivity contribution in [2.24, 2.45) is 0 Å². The highest BCUT2D eigenvalue weighted by Crippen LogP contribution is 2.29. The number of rotatable bonds is 5. The largest absolute Gasteiger partial charge is 0.300 e. The van der Waals surface area contributed by atoms with Gasteiger partial charge < -0.3 is 0 Å². The zero-order valence-corrected chi connectivity index (χ0v) is 8.74. The maximum atomic E-state index is 10.8. The number of carbonyl (C=O) groups excluding carboxylic acids is 1. The summed E-state index contributed by atoms with van der Waals surface area (Å²) in [5.41, 5.74) is 0. The van der Waals surface area contributed by atoms with Crippen molar-refractivity contribution in [1.29, 1.82) is 0 Å². The van der Waals surface area contributed by atoms with Crippen molar-refractivity contribution in [1.82, 2.24) is 4.98 Å². The van der Waals surface area contributed by atoms with E-state index in [9.17, 15) is 4.79 Å². The average Bonchev–Trinajstić information content (AvgIpc) is 2.25. The predicted molar refractivity (Wildman–Crippen MR) is 57.9 cm³/mol. The van der Waals surface area contributed by atoms with E-state index in [1.54, 1.807) is 27.8 Å². The summed E-state index contributed by atoms with van der Waals surface area (Å²) in [4.78, 5) is 14.9. The number of nitrogens with zero attached hydrogens (tertiary/aromatic N) is 1. The highest BCUT2D eigenvalue weighted by molar-refractivity contribution is 8.76. The molecule has 1 heterocycles. The van der Waals surface area contributed by atoms with Gasteiger partial charge in [0.25, 0.3) is 0 Å². The first-order valence-corrected chi connectivity index (χ1v) is 6.16. The number of hydrogen-bond acceptors (Lipinski definition) is 4. The summed E-state index contributed by atoms with van der Waals surface area (Å²) in [6, 6.07) is 5.74. The Morgan fingerprint density at radius 2 is 2.62 bits per heavy atom. The van der Waals surface area contributed by atoms with Crippen molar-refractivity contribution in [3.8, 4) is 0 Å². The van der Waals surface area contributed by atoms with Gasteiger partial charge in [-0.15, -0.1) is 0 Å². The SMILES string of the molecule is [3H]CC(=O)CCSSc1ccccn1. The van der Waals surface area contributed by atoms with Crippen LogP contribution in [0.5, 0.6) is 0 Å². The molecular formula is C9H11NOS2. The van der Waals surface area contributed by atoms with Crippen LogP contribution >= 0.6 is 21.6 Å². The molecule has 1 aromatic heterocycles. The van der Waals surface area contributed by atoms with Gasteiger partial charge in [-0.2, -0.15) is 0 Å². The number of carbonyl (C=O) groups is 1. The van der Waals surface area contributed by atoms with E-state index in [-0.39, 0.29) is 12.7 Å². The fraction of sp³-hybridized carbons (Fsp3) is 0.333. The molecule has 0 radical (unpaired) electrons. The predicted octanol–water partition coefficient (Wildman–Crippen LogP) is 2.80. The molecular weight excluding hydrogens is 202 g/mol. The molecule has 13 heavy (non-hydrogen) atoms. The van der Waals surface area contributed by atoms with Gasteiger partial charge in [-0.25, -0.2) is 4.98 Å². The maximum absolute atomic E-state index is 10.8. The van der Waals surface area contributed by atoms with Crippen molar-refractivity contribution < 1.29 is 6.17 Å². The summed E-state index contributed by atoms with van der Waals surface area (Å²) >= 11 is 0. The van der Waals surface area contributed by atoms with E-state index in [0.29, 0.717) is 6.42 Å². The minimum Gasteiger partial charge on any atom is -0.300 e. The number of pyridine rings is 1. The third-order valence-electron chi connectivity index (χ3n) is 1.25. The summed E-state index contributed by atoms with van der Waals surface area (Å²) in [6.45, 7) is -0.102. The first-order chi connectivity index (χ1) is 6.83. The second-order valence-electron chi connectivity index (χ2n) is 2.36. The van der Waals surface area contributed by atoms with Crippen molar-refractivity contribution in [3.05, 3.63) is 24.4 Å².